The molecule has 136 valence electrons. The van der Waals surface area contributed by atoms with Crippen LogP contribution in [-0.2, 0) is 12.8 Å². The van der Waals surface area contributed by atoms with E-state index in [4.69, 9.17) is 9.40 Å². The number of aromatic nitrogens is 1. The molecule has 0 saturated heterocycles. The molecule has 5 aromatic rings. The van der Waals surface area contributed by atoms with Crippen molar-refractivity contribution in [2.75, 3.05) is 0 Å². The first-order chi connectivity index (χ1) is 13.8. The highest BCUT2D eigenvalue weighted by Gasteiger charge is 2.18. The molecule has 0 spiro atoms. The van der Waals surface area contributed by atoms with E-state index in [9.17, 15) is 0 Å². The van der Waals surface area contributed by atoms with Crippen LogP contribution in [0.25, 0.3) is 33.3 Å². The molecule has 1 heterocycles. The van der Waals surface area contributed by atoms with Gasteiger partial charge in [0.1, 0.15) is 5.52 Å². The van der Waals surface area contributed by atoms with Crippen molar-refractivity contribution in [3.63, 3.8) is 0 Å². The number of aryl methyl sites for hydroxylation is 3. The van der Waals surface area contributed by atoms with Crippen molar-refractivity contribution in [2.24, 2.45) is 0 Å². The number of nitrogens with zero attached hydrogens (tertiary/aromatic N) is 1. The van der Waals surface area contributed by atoms with E-state index in [-0.39, 0.29) is 0 Å². The van der Waals surface area contributed by atoms with Gasteiger partial charge in [-0.3, -0.25) is 0 Å². The van der Waals surface area contributed by atoms with E-state index in [1.165, 1.54) is 22.1 Å². The van der Waals surface area contributed by atoms with Crippen molar-refractivity contribution < 1.29 is 4.42 Å². The predicted octanol–water partition coefficient (Wildman–Crippen LogP) is 6.74. The summed E-state index contributed by atoms with van der Waals surface area (Å²) in [5.74, 6) is 0.687. The van der Waals surface area contributed by atoms with Crippen LogP contribution in [0.2, 0.25) is 0 Å². The lowest BCUT2D eigenvalue weighted by molar-refractivity contribution is 0.623. The third-order valence-electron chi connectivity index (χ3n) is 5.47. The molecular weight excluding hydrogens is 342 g/mol. The van der Waals surface area contributed by atoms with Crippen LogP contribution in [0.5, 0.6) is 0 Å². The summed E-state index contributed by atoms with van der Waals surface area (Å²) in [6, 6.07) is 29.2. The standard InChI is InChI=1S/C26H21NO/c1-18-21-14-8-9-15-23(21)25-24(22(18)17-16-19-10-4-2-5-11-19)27-26(28-25)20-12-6-3-7-13-20/h2-15H,16-17H2,1H3. The molecule has 0 saturated carbocycles. The molecule has 2 heteroatoms. The second-order valence-electron chi connectivity index (χ2n) is 7.20. The summed E-state index contributed by atoms with van der Waals surface area (Å²) >= 11 is 0. The van der Waals surface area contributed by atoms with Crippen molar-refractivity contribution in [3.05, 3.63) is 102 Å². The summed E-state index contributed by atoms with van der Waals surface area (Å²) in [5.41, 5.74) is 6.81. The van der Waals surface area contributed by atoms with Gasteiger partial charge in [-0.15, -0.1) is 0 Å². The van der Waals surface area contributed by atoms with Crippen LogP contribution in [-0.4, -0.2) is 4.98 Å². The van der Waals surface area contributed by atoms with Gasteiger partial charge in [0.25, 0.3) is 0 Å². The van der Waals surface area contributed by atoms with Gasteiger partial charge in [-0.05, 0) is 54.0 Å². The minimum atomic E-state index is 0.687. The van der Waals surface area contributed by atoms with Gasteiger partial charge in [-0.1, -0.05) is 72.8 Å². The van der Waals surface area contributed by atoms with Crippen LogP contribution in [0, 0.1) is 6.92 Å². The number of hydrogen-bond donors (Lipinski definition) is 0. The maximum Gasteiger partial charge on any atom is 0.227 e. The lowest BCUT2D eigenvalue weighted by Crippen LogP contribution is -1.97. The van der Waals surface area contributed by atoms with Crippen molar-refractivity contribution in [1.29, 1.82) is 0 Å². The smallest absolute Gasteiger partial charge is 0.227 e. The second-order valence-corrected chi connectivity index (χ2v) is 7.20. The fourth-order valence-corrected chi connectivity index (χ4v) is 3.98. The van der Waals surface area contributed by atoms with Crippen molar-refractivity contribution in [1.82, 2.24) is 4.98 Å². The number of benzene rings is 4. The molecule has 0 atom stereocenters. The first kappa shape index (κ1) is 16.8. The summed E-state index contributed by atoms with van der Waals surface area (Å²) in [6.07, 6.45) is 1.93. The maximum atomic E-state index is 6.30. The van der Waals surface area contributed by atoms with Crippen LogP contribution in [0.3, 0.4) is 0 Å². The fourth-order valence-electron chi connectivity index (χ4n) is 3.98. The Morgan fingerprint density at radius 2 is 1.36 bits per heavy atom. The molecule has 0 aliphatic rings. The molecule has 0 fully saturated rings. The summed E-state index contributed by atoms with van der Waals surface area (Å²) < 4.78 is 6.30. The Bertz CT molecular complexity index is 1250. The van der Waals surface area contributed by atoms with Gasteiger partial charge in [0, 0.05) is 10.9 Å². The topological polar surface area (TPSA) is 26.0 Å². The van der Waals surface area contributed by atoms with Gasteiger partial charge >= 0.3 is 0 Å². The largest absolute Gasteiger partial charge is 0.435 e. The van der Waals surface area contributed by atoms with Gasteiger partial charge < -0.3 is 4.42 Å². The molecule has 0 amide bonds. The van der Waals surface area contributed by atoms with E-state index >= 15 is 0 Å². The normalized spacial score (nSPS) is 11.3. The Labute approximate surface area is 164 Å². The predicted molar refractivity (Wildman–Crippen MR) is 116 cm³/mol. The average Bonchev–Trinajstić information content (AvgIpc) is 3.21. The fraction of sp³-hybridized carbons (Fsp3) is 0.115. The molecule has 0 bridgehead atoms. The first-order valence-corrected chi connectivity index (χ1v) is 9.71. The highest BCUT2D eigenvalue weighted by atomic mass is 16.3. The van der Waals surface area contributed by atoms with Crippen LogP contribution >= 0.6 is 0 Å². The van der Waals surface area contributed by atoms with E-state index in [2.05, 4.69) is 61.5 Å². The van der Waals surface area contributed by atoms with E-state index in [0.29, 0.717) is 5.89 Å². The minimum absolute atomic E-state index is 0.687. The Hall–Kier alpha value is -3.39. The number of hydrogen-bond acceptors (Lipinski definition) is 2. The summed E-state index contributed by atoms with van der Waals surface area (Å²) in [7, 11) is 0. The van der Waals surface area contributed by atoms with Gasteiger partial charge in [0.05, 0.1) is 0 Å². The van der Waals surface area contributed by atoms with Gasteiger partial charge in [-0.2, -0.15) is 0 Å². The summed E-state index contributed by atoms with van der Waals surface area (Å²) in [5, 5.41) is 2.38. The molecular formula is C26H21NO. The summed E-state index contributed by atoms with van der Waals surface area (Å²) in [6.45, 7) is 2.21. The molecule has 2 nitrogen and oxygen atoms in total. The van der Waals surface area contributed by atoms with Crippen molar-refractivity contribution >= 4 is 21.9 Å². The first-order valence-electron chi connectivity index (χ1n) is 9.71. The zero-order chi connectivity index (χ0) is 18.9. The molecule has 28 heavy (non-hydrogen) atoms. The number of oxazole rings is 1. The maximum absolute atomic E-state index is 6.30. The van der Waals surface area contributed by atoms with Crippen LogP contribution in [0.4, 0.5) is 0 Å². The Kier molecular flexibility index (Phi) is 4.17. The van der Waals surface area contributed by atoms with E-state index in [1.807, 2.05) is 30.3 Å². The van der Waals surface area contributed by atoms with Crippen LogP contribution in [0.1, 0.15) is 16.7 Å². The Balaban J connectivity index is 1.70. The quantitative estimate of drug-likeness (QED) is 0.353. The SMILES string of the molecule is Cc1c(CCc2ccccc2)c2nc(-c3ccccc3)oc2c2ccccc12. The Morgan fingerprint density at radius 3 is 2.11 bits per heavy atom. The molecule has 4 aromatic carbocycles. The van der Waals surface area contributed by atoms with Crippen LogP contribution in [0.15, 0.2) is 89.3 Å². The monoisotopic (exact) mass is 363 g/mol. The van der Waals surface area contributed by atoms with Crippen LogP contribution < -0.4 is 0 Å². The third-order valence-corrected chi connectivity index (χ3v) is 5.47. The van der Waals surface area contributed by atoms with E-state index in [1.54, 1.807) is 0 Å². The molecule has 0 unspecified atom stereocenters. The Morgan fingerprint density at radius 1 is 0.714 bits per heavy atom. The van der Waals surface area contributed by atoms with Crippen molar-refractivity contribution in [2.45, 2.75) is 19.8 Å². The zero-order valence-corrected chi connectivity index (χ0v) is 15.9. The van der Waals surface area contributed by atoms with Gasteiger partial charge in [0.15, 0.2) is 5.58 Å². The molecule has 0 N–H and O–H groups in total. The second kappa shape index (κ2) is 6.97. The summed E-state index contributed by atoms with van der Waals surface area (Å²) in [4.78, 5) is 4.94. The highest BCUT2D eigenvalue weighted by molar-refractivity contribution is 6.07. The average molecular weight is 363 g/mol. The van der Waals surface area contributed by atoms with E-state index < -0.39 is 0 Å². The van der Waals surface area contributed by atoms with Gasteiger partial charge in [0.2, 0.25) is 5.89 Å². The lowest BCUT2D eigenvalue weighted by Gasteiger charge is -2.10. The highest BCUT2D eigenvalue weighted by Crippen LogP contribution is 2.35. The number of fused-ring (bicyclic) bond motifs is 3. The zero-order valence-electron chi connectivity index (χ0n) is 15.9. The molecule has 1 aromatic heterocycles. The molecule has 5 rings (SSSR count). The lowest BCUT2D eigenvalue weighted by atomic mass is 9.94. The number of rotatable bonds is 4. The molecule has 0 aliphatic heterocycles. The van der Waals surface area contributed by atoms with E-state index in [0.717, 1.165) is 34.9 Å². The van der Waals surface area contributed by atoms with Crippen molar-refractivity contribution in [3.8, 4) is 11.5 Å². The van der Waals surface area contributed by atoms with Gasteiger partial charge in [-0.25, -0.2) is 4.98 Å². The third kappa shape index (κ3) is 2.87. The molecule has 0 radical (unpaired) electrons. The minimum Gasteiger partial charge on any atom is -0.435 e. The molecule has 0 aliphatic carbocycles.